The maximum Gasteiger partial charge on any atom is 0.122 e. The zero-order valence-corrected chi connectivity index (χ0v) is 12.4. The number of hydrogen-bond acceptors (Lipinski definition) is 3. The van der Waals surface area contributed by atoms with Crippen LogP contribution in [0, 0.1) is 0 Å². The number of nitrogens with two attached hydrogens (primary N) is 1. The second-order valence-electron chi connectivity index (χ2n) is 5.30. The summed E-state index contributed by atoms with van der Waals surface area (Å²) in [4.78, 5) is 0. The van der Waals surface area contributed by atoms with Gasteiger partial charge < -0.3 is 15.6 Å². The fraction of sp³-hybridized carbons (Fsp3) is 0.294. The highest BCUT2D eigenvalue weighted by atomic mass is 35.5. The Morgan fingerprint density at radius 3 is 2.57 bits per heavy atom. The van der Waals surface area contributed by atoms with Gasteiger partial charge >= 0.3 is 0 Å². The Labute approximate surface area is 129 Å². The van der Waals surface area contributed by atoms with Crippen molar-refractivity contribution in [3.63, 3.8) is 0 Å². The van der Waals surface area contributed by atoms with E-state index in [1.165, 1.54) is 0 Å². The van der Waals surface area contributed by atoms with Crippen molar-refractivity contribution in [2.24, 2.45) is 5.73 Å². The third-order valence-corrected chi connectivity index (χ3v) is 4.24. The molecule has 0 spiro atoms. The van der Waals surface area contributed by atoms with Crippen LogP contribution >= 0.6 is 11.6 Å². The summed E-state index contributed by atoms with van der Waals surface area (Å²) in [6.07, 6.45) is 0.256. The third kappa shape index (κ3) is 2.91. The number of aliphatic hydroxyl groups excluding tert-OH is 1. The van der Waals surface area contributed by atoms with Gasteiger partial charge in [-0.2, -0.15) is 0 Å². The number of halogens is 1. The number of benzene rings is 2. The predicted octanol–water partition coefficient (Wildman–Crippen LogP) is 3.05. The van der Waals surface area contributed by atoms with E-state index in [0.717, 1.165) is 28.9 Å². The molecule has 3 rings (SSSR count). The van der Waals surface area contributed by atoms with Gasteiger partial charge in [-0.1, -0.05) is 29.8 Å². The first-order valence-corrected chi connectivity index (χ1v) is 7.46. The van der Waals surface area contributed by atoms with Crippen molar-refractivity contribution in [1.29, 1.82) is 0 Å². The molecule has 0 aliphatic carbocycles. The minimum atomic E-state index is -0.637. The molecule has 0 fully saturated rings. The van der Waals surface area contributed by atoms with Crippen molar-refractivity contribution < 1.29 is 9.84 Å². The maximum absolute atomic E-state index is 10.7. The van der Waals surface area contributed by atoms with Gasteiger partial charge in [0.15, 0.2) is 0 Å². The second kappa shape index (κ2) is 6.06. The van der Waals surface area contributed by atoms with Gasteiger partial charge in [0, 0.05) is 23.9 Å². The number of aliphatic hydroxyl groups is 1. The molecule has 0 aromatic heterocycles. The molecule has 0 saturated heterocycles. The van der Waals surface area contributed by atoms with Crippen LogP contribution < -0.4 is 10.5 Å². The van der Waals surface area contributed by atoms with Crippen LogP contribution in [0.3, 0.4) is 0 Å². The van der Waals surface area contributed by atoms with E-state index < -0.39 is 6.10 Å². The summed E-state index contributed by atoms with van der Waals surface area (Å²) >= 11 is 5.91. The summed E-state index contributed by atoms with van der Waals surface area (Å²) in [6.45, 7) is 1.09. The molecule has 0 amide bonds. The molecule has 0 radical (unpaired) electrons. The quantitative estimate of drug-likeness (QED) is 0.913. The average molecular weight is 304 g/mol. The van der Waals surface area contributed by atoms with Crippen molar-refractivity contribution in [3.8, 4) is 5.75 Å². The molecule has 2 aromatic rings. The van der Waals surface area contributed by atoms with Crippen LogP contribution in [0.4, 0.5) is 0 Å². The molecule has 1 aliphatic heterocycles. The lowest BCUT2D eigenvalue weighted by Gasteiger charge is -2.23. The fourth-order valence-electron chi connectivity index (χ4n) is 2.78. The Hall–Kier alpha value is -1.55. The van der Waals surface area contributed by atoms with Crippen molar-refractivity contribution in [2.45, 2.75) is 18.4 Å². The number of hydrogen-bond donors (Lipinski definition) is 2. The fourth-order valence-corrected chi connectivity index (χ4v) is 2.91. The number of fused-ring (bicyclic) bond motifs is 1. The highest BCUT2D eigenvalue weighted by Crippen LogP contribution is 2.34. The van der Waals surface area contributed by atoms with E-state index >= 15 is 0 Å². The highest BCUT2D eigenvalue weighted by Gasteiger charge is 2.23. The van der Waals surface area contributed by atoms with Gasteiger partial charge in [-0.05, 0) is 41.0 Å². The molecule has 4 heteroatoms. The first-order chi connectivity index (χ1) is 10.2. The minimum absolute atomic E-state index is 0.150. The molecule has 21 heavy (non-hydrogen) atoms. The van der Waals surface area contributed by atoms with Gasteiger partial charge in [-0.15, -0.1) is 0 Å². The normalized spacial score (nSPS) is 16.1. The van der Waals surface area contributed by atoms with E-state index in [1.54, 1.807) is 0 Å². The first kappa shape index (κ1) is 14.4. The van der Waals surface area contributed by atoms with Gasteiger partial charge in [0.05, 0.1) is 12.7 Å². The Morgan fingerprint density at radius 1 is 1.14 bits per heavy atom. The van der Waals surface area contributed by atoms with Crippen LogP contribution in [0.1, 0.15) is 28.7 Å². The lowest BCUT2D eigenvalue weighted by Crippen LogP contribution is -2.20. The van der Waals surface area contributed by atoms with E-state index in [2.05, 4.69) is 0 Å². The lowest BCUT2D eigenvalue weighted by molar-refractivity contribution is 0.147. The minimum Gasteiger partial charge on any atom is -0.493 e. The van der Waals surface area contributed by atoms with Crippen molar-refractivity contribution in [2.75, 3.05) is 13.2 Å². The standard InChI is InChI=1S/C17H18ClNO2/c18-14-4-1-11(2-5-14)15(10-19)17(20)13-3-6-16-12(9-13)7-8-21-16/h1-6,9,15,17,20H,7-8,10,19H2. The predicted molar refractivity (Wildman–Crippen MR) is 83.8 cm³/mol. The summed E-state index contributed by atoms with van der Waals surface area (Å²) < 4.78 is 5.50. The Kier molecular flexibility index (Phi) is 4.15. The zero-order chi connectivity index (χ0) is 14.8. The van der Waals surface area contributed by atoms with E-state index in [4.69, 9.17) is 22.1 Å². The number of ether oxygens (including phenoxy) is 1. The summed E-state index contributed by atoms with van der Waals surface area (Å²) in [5.74, 6) is 0.768. The average Bonchev–Trinajstić information content (AvgIpc) is 2.97. The molecule has 2 atom stereocenters. The third-order valence-electron chi connectivity index (χ3n) is 3.99. The Balaban J connectivity index is 1.88. The smallest absolute Gasteiger partial charge is 0.122 e. The van der Waals surface area contributed by atoms with Crippen LogP contribution in [0.2, 0.25) is 5.02 Å². The second-order valence-corrected chi connectivity index (χ2v) is 5.74. The molecule has 1 aliphatic rings. The molecule has 0 saturated carbocycles. The molecular formula is C17H18ClNO2. The topological polar surface area (TPSA) is 55.5 Å². The van der Waals surface area contributed by atoms with Gasteiger partial charge in [0.1, 0.15) is 5.75 Å². The van der Waals surface area contributed by atoms with Gasteiger partial charge in [-0.25, -0.2) is 0 Å². The van der Waals surface area contributed by atoms with E-state index in [1.807, 2.05) is 42.5 Å². The van der Waals surface area contributed by atoms with Gasteiger partial charge in [0.2, 0.25) is 0 Å². The highest BCUT2D eigenvalue weighted by molar-refractivity contribution is 6.30. The van der Waals surface area contributed by atoms with Crippen molar-refractivity contribution in [1.82, 2.24) is 0 Å². The van der Waals surface area contributed by atoms with Crippen LogP contribution in [0.15, 0.2) is 42.5 Å². The van der Waals surface area contributed by atoms with Crippen LogP contribution in [-0.2, 0) is 6.42 Å². The van der Waals surface area contributed by atoms with Crippen molar-refractivity contribution >= 4 is 11.6 Å². The molecule has 2 aromatic carbocycles. The van der Waals surface area contributed by atoms with Crippen LogP contribution in [0.25, 0.3) is 0 Å². The van der Waals surface area contributed by atoms with Crippen LogP contribution in [0.5, 0.6) is 5.75 Å². The molecule has 3 N–H and O–H groups in total. The Bertz CT molecular complexity index is 627. The maximum atomic E-state index is 10.7. The number of rotatable bonds is 4. The SMILES string of the molecule is NCC(c1ccc(Cl)cc1)C(O)c1ccc2c(c1)CCO2. The molecule has 3 nitrogen and oxygen atoms in total. The van der Waals surface area contributed by atoms with E-state index in [-0.39, 0.29) is 5.92 Å². The van der Waals surface area contributed by atoms with Crippen LogP contribution in [-0.4, -0.2) is 18.3 Å². The lowest BCUT2D eigenvalue weighted by atomic mass is 9.88. The van der Waals surface area contributed by atoms with Gasteiger partial charge in [0.25, 0.3) is 0 Å². The first-order valence-electron chi connectivity index (χ1n) is 7.08. The van der Waals surface area contributed by atoms with Gasteiger partial charge in [-0.3, -0.25) is 0 Å². The molecular weight excluding hydrogens is 286 g/mol. The molecule has 0 bridgehead atoms. The molecule has 1 heterocycles. The zero-order valence-electron chi connectivity index (χ0n) is 11.6. The van der Waals surface area contributed by atoms with E-state index in [9.17, 15) is 5.11 Å². The van der Waals surface area contributed by atoms with E-state index in [0.29, 0.717) is 18.2 Å². The summed E-state index contributed by atoms with van der Waals surface area (Å²) in [7, 11) is 0. The van der Waals surface area contributed by atoms with Crippen molar-refractivity contribution in [3.05, 3.63) is 64.2 Å². The molecule has 110 valence electrons. The monoisotopic (exact) mass is 303 g/mol. The molecule has 2 unspecified atom stereocenters. The summed E-state index contributed by atoms with van der Waals surface area (Å²) in [5.41, 5.74) is 8.90. The largest absolute Gasteiger partial charge is 0.493 e. The Morgan fingerprint density at radius 2 is 1.86 bits per heavy atom. The summed E-state index contributed by atoms with van der Waals surface area (Å²) in [6, 6.07) is 13.3. The summed E-state index contributed by atoms with van der Waals surface area (Å²) in [5, 5.41) is 11.4.